The van der Waals surface area contributed by atoms with Gasteiger partial charge in [-0.05, 0) is 30.2 Å². The van der Waals surface area contributed by atoms with Gasteiger partial charge in [-0.1, -0.05) is 24.8 Å². The van der Waals surface area contributed by atoms with Gasteiger partial charge in [-0.15, -0.1) is 0 Å². The highest BCUT2D eigenvalue weighted by molar-refractivity contribution is 8.00. The van der Waals surface area contributed by atoms with Gasteiger partial charge in [0.1, 0.15) is 0 Å². The smallest absolute Gasteiger partial charge is 0.247 e. The number of pyridine rings is 1. The van der Waals surface area contributed by atoms with E-state index in [9.17, 15) is 9.59 Å². The van der Waals surface area contributed by atoms with E-state index in [1.807, 2.05) is 19.1 Å². The lowest BCUT2D eigenvalue weighted by Crippen LogP contribution is -2.31. The standard InChI is InChI=1S/C18H16N2O4S/c1-2-11-4-3-7-19-17(11)25-15-9-16(21)20(18(15)22)12-5-6-13-14(8-12)24-10-23-13/h3-8,15H,2,9-10H2,1H3/t15-/m1/s1. The van der Waals surface area contributed by atoms with Crippen molar-refractivity contribution in [3.63, 3.8) is 0 Å². The zero-order valence-electron chi connectivity index (χ0n) is 13.6. The van der Waals surface area contributed by atoms with Crippen LogP contribution in [-0.4, -0.2) is 28.8 Å². The van der Waals surface area contributed by atoms with E-state index in [0.717, 1.165) is 17.0 Å². The molecular weight excluding hydrogens is 340 g/mol. The number of imide groups is 1. The fourth-order valence-electron chi connectivity index (χ4n) is 2.93. The van der Waals surface area contributed by atoms with Crippen LogP contribution in [0.1, 0.15) is 18.9 Å². The Kier molecular flexibility index (Phi) is 4.09. The lowest BCUT2D eigenvalue weighted by atomic mass is 10.2. The van der Waals surface area contributed by atoms with Gasteiger partial charge in [0.05, 0.1) is 16.0 Å². The maximum absolute atomic E-state index is 12.8. The monoisotopic (exact) mass is 356 g/mol. The Hall–Kier alpha value is -2.54. The van der Waals surface area contributed by atoms with Gasteiger partial charge in [0.2, 0.25) is 18.6 Å². The predicted molar refractivity (Wildman–Crippen MR) is 92.9 cm³/mol. The molecule has 0 bridgehead atoms. The largest absolute Gasteiger partial charge is 0.454 e. The number of aromatic nitrogens is 1. The summed E-state index contributed by atoms with van der Waals surface area (Å²) < 4.78 is 10.6. The molecule has 2 aliphatic heterocycles. The summed E-state index contributed by atoms with van der Waals surface area (Å²) in [5.74, 6) is 0.735. The quantitative estimate of drug-likeness (QED) is 0.785. The number of rotatable bonds is 4. The molecule has 2 aromatic rings. The maximum atomic E-state index is 12.8. The summed E-state index contributed by atoms with van der Waals surface area (Å²) in [5, 5.41) is 0.349. The number of carbonyl (C=O) groups excluding carboxylic acids is 2. The molecule has 25 heavy (non-hydrogen) atoms. The molecule has 1 fully saturated rings. The summed E-state index contributed by atoms with van der Waals surface area (Å²) in [6.07, 6.45) is 2.70. The van der Waals surface area contributed by atoms with Crippen molar-refractivity contribution in [2.24, 2.45) is 0 Å². The van der Waals surface area contributed by atoms with Crippen LogP contribution in [0.3, 0.4) is 0 Å². The van der Waals surface area contributed by atoms with Crippen molar-refractivity contribution in [1.29, 1.82) is 0 Å². The first-order valence-electron chi connectivity index (χ1n) is 8.04. The average Bonchev–Trinajstić information content (AvgIpc) is 3.19. The fraction of sp³-hybridized carbons (Fsp3) is 0.278. The average molecular weight is 356 g/mol. The van der Waals surface area contributed by atoms with Gasteiger partial charge in [-0.3, -0.25) is 9.59 Å². The van der Waals surface area contributed by atoms with Crippen LogP contribution in [0.2, 0.25) is 0 Å². The minimum atomic E-state index is -0.460. The number of hydrogen-bond donors (Lipinski definition) is 0. The fourth-order valence-corrected chi connectivity index (χ4v) is 4.11. The van der Waals surface area contributed by atoms with Crippen molar-refractivity contribution in [3.8, 4) is 11.5 Å². The van der Waals surface area contributed by atoms with Crippen molar-refractivity contribution in [1.82, 2.24) is 4.98 Å². The highest BCUT2D eigenvalue weighted by Crippen LogP contribution is 2.39. The molecule has 6 nitrogen and oxygen atoms in total. The van der Waals surface area contributed by atoms with Crippen LogP contribution in [0, 0.1) is 0 Å². The molecule has 3 heterocycles. The highest BCUT2D eigenvalue weighted by Gasteiger charge is 2.41. The molecule has 128 valence electrons. The molecule has 1 aromatic carbocycles. The molecule has 4 rings (SSSR count). The number of thioether (sulfide) groups is 1. The van der Waals surface area contributed by atoms with Gasteiger partial charge in [0.15, 0.2) is 11.5 Å². The van der Waals surface area contributed by atoms with Crippen molar-refractivity contribution < 1.29 is 19.1 Å². The second-order valence-electron chi connectivity index (χ2n) is 5.74. The Morgan fingerprint density at radius 1 is 1.24 bits per heavy atom. The third-order valence-electron chi connectivity index (χ3n) is 4.20. The Labute approximate surface area is 149 Å². The second kappa shape index (κ2) is 6.40. The molecule has 2 amide bonds. The van der Waals surface area contributed by atoms with Crippen LogP contribution in [0.15, 0.2) is 41.6 Å². The van der Waals surface area contributed by atoms with E-state index < -0.39 is 5.25 Å². The van der Waals surface area contributed by atoms with Gasteiger partial charge in [0.25, 0.3) is 0 Å². The van der Waals surface area contributed by atoms with Crippen molar-refractivity contribution >= 4 is 29.3 Å². The minimum Gasteiger partial charge on any atom is -0.454 e. The first-order valence-corrected chi connectivity index (χ1v) is 8.92. The predicted octanol–water partition coefficient (Wildman–Crippen LogP) is 2.80. The number of aryl methyl sites for hydroxylation is 1. The summed E-state index contributed by atoms with van der Waals surface area (Å²) >= 11 is 1.36. The van der Waals surface area contributed by atoms with Crippen LogP contribution in [0.4, 0.5) is 5.69 Å². The molecule has 1 saturated heterocycles. The van der Waals surface area contributed by atoms with Gasteiger partial charge >= 0.3 is 0 Å². The van der Waals surface area contributed by atoms with E-state index in [0.29, 0.717) is 17.2 Å². The summed E-state index contributed by atoms with van der Waals surface area (Å²) in [6.45, 7) is 2.19. The van der Waals surface area contributed by atoms with E-state index in [4.69, 9.17) is 9.47 Å². The molecule has 1 atom stereocenters. The Balaban J connectivity index is 1.58. The van der Waals surface area contributed by atoms with Gasteiger partial charge in [0, 0.05) is 18.7 Å². The zero-order chi connectivity index (χ0) is 17.4. The first-order chi connectivity index (χ1) is 12.2. The molecule has 0 aliphatic carbocycles. The van der Waals surface area contributed by atoms with Crippen molar-refractivity contribution in [2.75, 3.05) is 11.7 Å². The van der Waals surface area contributed by atoms with Gasteiger partial charge in [-0.25, -0.2) is 9.88 Å². The molecule has 0 spiro atoms. The van der Waals surface area contributed by atoms with Crippen molar-refractivity contribution in [3.05, 3.63) is 42.1 Å². The summed E-state index contributed by atoms with van der Waals surface area (Å²) in [7, 11) is 0. The van der Waals surface area contributed by atoms with Gasteiger partial charge < -0.3 is 9.47 Å². The van der Waals surface area contributed by atoms with E-state index in [1.54, 1.807) is 24.4 Å². The summed E-state index contributed by atoms with van der Waals surface area (Å²) in [5.41, 5.74) is 1.59. The molecule has 0 saturated carbocycles. The number of anilines is 1. The molecule has 0 unspecified atom stereocenters. The highest BCUT2D eigenvalue weighted by atomic mass is 32.2. The van der Waals surface area contributed by atoms with Crippen LogP contribution in [-0.2, 0) is 16.0 Å². The SMILES string of the molecule is CCc1cccnc1S[C@@H]1CC(=O)N(c2ccc3c(c2)OCO3)C1=O. The maximum Gasteiger partial charge on any atom is 0.247 e. The third-order valence-corrected chi connectivity index (χ3v) is 5.45. The normalized spacial score (nSPS) is 18.9. The number of hydrogen-bond acceptors (Lipinski definition) is 6. The molecule has 2 aliphatic rings. The molecular formula is C18H16N2O4S. The molecule has 1 aromatic heterocycles. The number of fused-ring (bicyclic) bond motifs is 1. The number of carbonyl (C=O) groups is 2. The Morgan fingerprint density at radius 2 is 2.08 bits per heavy atom. The van der Waals surface area contributed by atoms with Crippen LogP contribution < -0.4 is 14.4 Å². The number of amides is 2. The van der Waals surface area contributed by atoms with Crippen molar-refractivity contribution in [2.45, 2.75) is 30.0 Å². The Morgan fingerprint density at radius 3 is 2.92 bits per heavy atom. The number of nitrogens with zero attached hydrogens (tertiary/aromatic N) is 2. The molecule has 0 radical (unpaired) electrons. The molecule has 0 N–H and O–H groups in total. The Bertz CT molecular complexity index is 855. The lowest BCUT2D eigenvalue weighted by molar-refractivity contribution is -0.121. The van der Waals surface area contributed by atoms with E-state index in [2.05, 4.69) is 4.98 Å². The van der Waals surface area contributed by atoms with E-state index in [-0.39, 0.29) is 25.0 Å². The van der Waals surface area contributed by atoms with Crippen LogP contribution in [0.25, 0.3) is 0 Å². The minimum absolute atomic E-state index is 0.151. The number of benzene rings is 1. The molecule has 7 heteroatoms. The summed E-state index contributed by atoms with van der Waals surface area (Å²) in [4.78, 5) is 30.8. The third kappa shape index (κ3) is 2.84. The van der Waals surface area contributed by atoms with E-state index >= 15 is 0 Å². The zero-order valence-corrected chi connectivity index (χ0v) is 14.4. The van der Waals surface area contributed by atoms with Gasteiger partial charge in [-0.2, -0.15) is 0 Å². The number of ether oxygens (including phenoxy) is 2. The van der Waals surface area contributed by atoms with Crippen LogP contribution >= 0.6 is 11.8 Å². The van der Waals surface area contributed by atoms with E-state index in [1.165, 1.54) is 16.7 Å². The lowest BCUT2D eigenvalue weighted by Gasteiger charge is -2.15. The van der Waals surface area contributed by atoms with Crippen LogP contribution in [0.5, 0.6) is 11.5 Å². The topological polar surface area (TPSA) is 68.7 Å². The second-order valence-corrected chi connectivity index (χ2v) is 6.93. The summed E-state index contributed by atoms with van der Waals surface area (Å²) in [6, 6.07) is 8.96. The first kappa shape index (κ1) is 16.0.